The first-order valence-corrected chi connectivity index (χ1v) is 6.18. The van der Waals surface area contributed by atoms with E-state index in [1.165, 1.54) is 19.3 Å². The summed E-state index contributed by atoms with van der Waals surface area (Å²) in [5, 5.41) is 0. The van der Waals surface area contributed by atoms with Crippen LogP contribution in [0.25, 0.3) is 0 Å². The van der Waals surface area contributed by atoms with Crippen LogP contribution in [0.4, 0.5) is 0 Å². The van der Waals surface area contributed by atoms with Crippen molar-refractivity contribution in [2.45, 2.75) is 32.6 Å². The molecule has 15 heavy (non-hydrogen) atoms. The van der Waals surface area contributed by atoms with Crippen molar-refractivity contribution < 1.29 is 4.79 Å². The first-order chi connectivity index (χ1) is 7.22. The molecule has 0 radical (unpaired) electrons. The van der Waals surface area contributed by atoms with Crippen molar-refractivity contribution in [1.29, 1.82) is 0 Å². The number of likely N-dealkylation sites (tertiary alicyclic amines) is 1. The van der Waals surface area contributed by atoms with E-state index in [9.17, 15) is 4.79 Å². The summed E-state index contributed by atoms with van der Waals surface area (Å²) >= 11 is 0. The highest BCUT2D eigenvalue weighted by atomic mass is 16.2. The molecule has 0 aromatic carbocycles. The molecule has 0 bridgehead atoms. The monoisotopic (exact) mass is 210 g/mol. The molecule has 0 aromatic rings. The van der Waals surface area contributed by atoms with Gasteiger partial charge in [-0.25, -0.2) is 0 Å². The van der Waals surface area contributed by atoms with Crippen molar-refractivity contribution in [3.63, 3.8) is 0 Å². The summed E-state index contributed by atoms with van der Waals surface area (Å²) in [4.78, 5) is 13.1. The lowest BCUT2D eigenvalue weighted by atomic mass is 9.67. The Morgan fingerprint density at radius 2 is 2.07 bits per heavy atom. The molecule has 86 valence electrons. The van der Waals surface area contributed by atoms with Crippen LogP contribution in [0, 0.1) is 17.8 Å². The Kier molecular flexibility index (Phi) is 3.29. The minimum atomic E-state index is 0.228. The molecule has 0 aromatic heterocycles. The van der Waals surface area contributed by atoms with Crippen LogP contribution in [0.5, 0.6) is 0 Å². The fourth-order valence-corrected chi connectivity index (χ4v) is 2.96. The van der Waals surface area contributed by atoms with Crippen molar-refractivity contribution in [3.05, 3.63) is 0 Å². The summed E-state index contributed by atoms with van der Waals surface area (Å²) in [5.41, 5.74) is 5.68. The summed E-state index contributed by atoms with van der Waals surface area (Å²) in [6.07, 6.45) is 5.33. The van der Waals surface area contributed by atoms with E-state index >= 15 is 0 Å². The molecular formula is C12H22N2O. The fourth-order valence-electron chi connectivity index (χ4n) is 2.96. The van der Waals surface area contributed by atoms with Crippen LogP contribution < -0.4 is 5.73 Å². The number of carbonyl (C=O) groups excluding carboxylic acids is 1. The van der Waals surface area contributed by atoms with Gasteiger partial charge in [-0.3, -0.25) is 4.79 Å². The molecule has 3 heteroatoms. The molecular weight excluding hydrogens is 188 g/mol. The van der Waals surface area contributed by atoms with Crippen LogP contribution >= 0.6 is 0 Å². The third-order valence-corrected chi connectivity index (χ3v) is 4.22. The van der Waals surface area contributed by atoms with Crippen molar-refractivity contribution in [3.8, 4) is 0 Å². The topological polar surface area (TPSA) is 46.3 Å². The smallest absolute Gasteiger partial charge is 0.219 e. The maximum Gasteiger partial charge on any atom is 0.219 e. The first-order valence-electron chi connectivity index (χ1n) is 6.18. The highest BCUT2D eigenvalue weighted by Crippen LogP contribution is 2.41. The first kappa shape index (κ1) is 10.9. The van der Waals surface area contributed by atoms with Gasteiger partial charge >= 0.3 is 0 Å². The maximum absolute atomic E-state index is 11.1. The minimum Gasteiger partial charge on any atom is -0.342 e. The molecule has 2 fully saturated rings. The molecule has 1 amide bonds. The van der Waals surface area contributed by atoms with Crippen molar-refractivity contribution >= 4 is 5.91 Å². The van der Waals surface area contributed by atoms with Crippen molar-refractivity contribution in [2.24, 2.45) is 23.5 Å². The van der Waals surface area contributed by atoms with E-state index in [4.69, 9.17) is 5.73 Å². The zero-order valence-corrected chi connectivity index (χ0v) is 9.61. The van der Waals surface area contributed by atoms with E-state index in [0.717, 1.165) is 43.8 Å². The van der Waals surface area contributed by atoms with Crippen LogP contribution in [-0.4, -0.2) is 30.4 Å². The number of hydrogen-bond acceptors (Lipinski definition) is 2. The van der Waals surface area contributed by atoms with E-state index in [2.05, 4.69) is 0 Å². The largest absolute Gasteiger partial charge is 0.342 e. The van der Waals surface area contributed by atoms with E-state index in [1.807, 2.05) is 4.90 Å². The average Bonchev–Trinajstić information content (AvgIpc) is 1.97. The number of rotatable bonds is 4. The van der Waals surface area contributed by atoms with Crippen LogP contribution in [0.2, 0.25) is 0 Å². The van der Waals surface area contributed by atoms with E-state index in [1.54, 1.807) is 6.92 Å². The van der Waals surface area contributed by atoms with Crippen molar-refractivity contribution in [1.82, 2.24) is 4.90 Å². The molecule has 2 N–H and O–H groups in total. The highest BCUT2D eigenvalue weighted by Gasteiger charge is 2.39. The van der Waals surface area contributed by atoms with Gasteiger partial charge in [0.25, 0.3) is 0 Å². The molecule has 1 aliphatic heterocycles. The third-order valence-electron chi connectivity index (χ3n) is 4.22. The zero-order valence-electron chi connectivity index (χ0n) is 9.61. The quantitative estimate of drug-likeness (QED) is 0.758. The van der Waals surface area contributed by atoms with Gasteiger partial charge in [-0.2, -0.15) is 0 Å². The predicted molar refractivity (Wildman–Crippen MR) is 60.2 cm³/mol. The van der Waals surface area contributed by atoms with Gasteiger partial charge in [0.1, 0.15) is 0 Å². The van der Waals surface area contributed by atoms with Crippen LogP contribution in [0.1, 0.15) is 32.6 Å². The molecule has 1 aliphatic carbocycles. The number of nitrogens with zero attached hydrogens (tertiary/aromatic N) is 1. The van der Waals surface area contributed by atoms with Gasteiger partial charge in [0, 0.05) is 20.0 Å². The highest BCUT2D eigenvalue weighted by molar-refractivity contribution is 5.74. The molecule has 2 aliphatic rings. The molecule has 1 heterocycles. The third kappa shape index (κ3) is 2.17. The van der Waals surface area contributed by atoms with Gasteiger partial charge in [0.15, 0.2) is 0 Å². The van der Waals surface area contributed by atoms with Crippen LogP contribution in [-0.2, 0) is 4.79 Å². The van der Waals surface area contributed by atoms with Gasteiger partial charge in [-0.05, 0) is 30.7 Å². The van der Waals surface area contributed by atoms with Gasteiger partial charge in [-0.1, -0.05) is 19.3 Å². The Morgan fingerprint density at radius 1 is 1.40 bits per heavy atom. The lowest BCUT2D eigenvalue weighted by Gasteiger charge is -2.47. The Hall–Kier alpha value is -0.570. The molecule has 1 atom stereocenters. The van der Waals surface area contributed by atoms with E-state index in [0.29, 0.717) is 0 Å². The molecule has 1 saturated carbocycles. The summed E-state index contributed by atoms with van der Waals surface area (Å²) in [5.74, 6) is 2.67. The molecule has 3 nitrogen and oxygen atoms in total. The fraction of sp³-hybridized carbons (Fsp3) is 0.917. The van der Waals surface area contributed by atoms with E-state index in [-0.39, 0.29) is 5.91 Å². The Balaban J connectivity index is 1.82. The number of hydrogen-bond donors (Lipinski definition) is 1. The van der Waals surface area contributed by atoms with Crippen LogP contribution in [0.15, 0.2) is 0 Å². The number of carbonyl (C=O) groups is 1. The lowest BCUT2D eigenvalue weighted by molar-refractivity contribution is -0.137. The lowest BCUT2D eigenvalue weighted by Crippen LogP contribution is -2.54. The Morgan fingerprint density at radius 3 is 2.47 bits per heavy atom. The van der Waals surface area contributed by atoms with Gasteiger partial charge in [0.2, 0.25) is 5.91 Å². The minimum absolute atomic E-state index is 0.228. The second-order valence-electron chi connectivity index (χ2n) is 5.12. The van der Waals surface area contributed by atoms with Crippen LogP contribution in [0.3, 0.4) is 0 Å². The SMILES string of the molecule is CC(=O)N1CC(C(CCN)C2CCC2)C1. The summed E-state index contributed by atoms with van der Waals surface area (Å²) in [6, 6.07) is 0. The average molecular weight is 210 g/mol. The number of nitrogens with two attached hydrogens (primary N) is 1. The maximum atomic E-state index is 11.1. The summed E-state index contributed by atoms with van der Waals surface area (Å²) in [7, 11) is 0. The molecule has 0 spiro atoms. The van der Waals surface area contributed by atoms with E-state index < -0.39 is 0 Å². The summed E-state index contributed by atoms with van der Waals surface area (Å²) in [6.45, 7) is 4.43. The van der Waals surface area contributed by atoms with Gasteiger partial charge in [0.05, 0.1) is 0 Å². The Labute approximate surface area is 92.0 Å². The normalized spacial score (nSPS) is 24.5. The zero-order chi connectivity index (χ0) is 10.8. The molecule has 2 rings (SSSR count). The second-order valence-corrected chi connectivity index (χ2v) is 5.12. The molecule has 1 saturated heterocycles. The molecule has 1 unspecified atom stereocenters. The Bertz CT molecular complexity index is 232. The van der Waals surface area contributed by atoms with Crippen molar-refractivity contribution in [2.75, 3.05) is 19.6 Å². The van der Waals surface area contributed by atoms with Gasteiger partial charge in [-0.15, -0.1) is 0 Å². The number of amides is 1. The second kappa shape index (κ2) is 4.52. The standard InChI is InChI=1S/C12H22N2O/c1-9(15)14-7-11(8-14)12(5-6-13)10-3-2-4-10/h10-12H,2-8,13H2,1H3. The van der Waals surface area contributed by atoms with Gasteiger partial charge < -0.3 is 10.6 Å². The predicted octanol–water partition coefficient (Wildman–Crippen LogP) is 1.23. The summed E-state index contributed by atoms with van der Waals surface area (Å²) < 4.78 is 0.